The molecular formula is C27H25BrN4O5. The smallest absolute Gasteiger partial charge is 0.332 e. The van der Waals surface area contributed by atoms with E-state index in [9.17, 15) is 19.2 Å². The van der Waals surface area contributed by atoms with Crippen LogP contribution in [0.5, 0.6) is 0 Å². The van der Waals surface area contributed by atoms with E-state index in [1.807, 2.05) is 30.3 Å². The molecule has 0 bridgehead atoms. The van der Waals surface area contributed by atoms with Gasteiger partial charge in [-0.3, -0.25) is 19.6 Å². The number of carbonyl (C=O) groups excluding carboxylic acids is 4. The van der Waals surface area contributed by atoms with E-state index < -0.39 is 18.0 Å². The van der Waals surface area contributed by atoms with E-state index in [1.165, 1.54) is 21.9 Å². The van der Waals surface area contributed by atoms with Crippen LogP contribution in [-0.2, 0) is 22.7 Å². The lowest BCUT2D eigenvalue weighted by atomic mass is 10.1. The van der Waals surface area contributed by atoms with Gasteiger partial charge in [-0.15, -0.1) is 0 Å². The molecule has 3 aromatic carbocycles. The first-order chi connectivity index (χ1) is 17.9. The number of hydroxylamine groups is 1. The van der Waals surface area contributed by atoms with E-state index in [0.29, 0.717) is 5.69 Å². The molecule has 0 aliphatic carbocycles. The Morgan fingerprint density at radius 2 is 1.54 bits per heavy atom. The maximum absolute atomic E-state index is 13.3. The Morgan fingerprint density at radius 3 is 2.19 bits per heavy atom. The second-order valence-corrected chi connectivity index (χ2v) is 9.43. The van der Waals surface area contributed by atoms with Crippen LogP contribution >= 0.6 is 15.9 Å². The molecule has 0 radical (unpaired) electrons. The van der Waals surface area contributed by atoms with Crippen LogP contribution in [0, 0.1) is 0 Å². The van der Waals surface area contributed by atoms with Crippen molar-refractivity contribution >= 4 is 45.4 Å². The number of imide groups is 1. The van der Waals surface area contributed by atoms with Gasteiger partial charge in [0.1, 0.15) is 6.04 Å². The Labute approximate surface area is 222 Å². The van der Waals surface area contributed by atoms with Gasteiger partial charge < -0.3 is 10.2 Å². The van der Waals surface area contributed by atoms with Crippen molar-refractivity contribution in [2.24, 2.45) is 0 Å². The lowest BCUT2D eigenvalue weighted by Gasteiger charge is -2.22. The highest BCUT2D eigenvalue weighted by Gasteiger charge is 2.45. The van der Waals surface area contributed by atoms with Gasteiger partial charge in [0.05, 0.1) is 5.69 Å². The Hall–Kier alpha value is -4.02. The zero-order valence-corrected chi connectivity index (χ0v) is 21.3. The number of nitrogens with one attached hydrogen (secondary N) is 2. The molecule has 0 saturated carbocycles. The van der Waals surface area contributed by atoms with Crippen molar-refractivity contribution < 1.29 is 24.4 Å². The minimum absolute atomic E-state index is 0.0498. The van der Waals surface area contributed by atoms with Crippen LogP contribution < -0.4 is 15.7 Å². The van der Waals surface area contributed by atoms with Gasteiger partial charge in [-0.25, -0.2) is 15.2 Å². The van der Waals surface area contributed by atoms with Crippen LogP contribution in [0.3, 0.4) is 0 Å². The number of urea groups is 1. The standard InChI is InChI=1S/C27H25BrN4O5/c28-21-12-8-19(9-13-21)17-31-23(26(35)32(27(31)36)22-4-2-1-3-5-22)14-15-24(33)29-16-18-6-10-20(11-7-18)25(34)30-37/h1-13,23,37H,14-17H2,(H,29,33)(H,30,34). The molecule has 1 heterocycles. The predicted molar refractivity (Wildman–Crippen MR) is 140 cm³/mol. The third-order valence-corrected chi connectivity index (χ3v) is 6.58. The molecule has 1 atom stereocenters. The average molecular weight is 565 g/mol. The van der Waals surface area contributed by atoms with Crippen molar-refractivity contribution in [1.29, 1.82) is 0 Å². The molecule has 37 heavy (non-hydrogen) atoms. The van der Waals surface area contributed by atoms with Gasteiger partial charge in [0.15, 0.2) is 0 Å². The largest absolute Gasteiger partial charge is 0.352 e. The summed E-state index contributed by atoms with van der Waals surface area (Å²) in [6, 6.07) is 21.5. The molecule has 1 unspecified atom stereocenters. The van der Waals surface area contributed by atoms with Gasteiger partial charge in [-0.1, -0.05) is 58.4 Å². The summed E-state index contributed by atoms with van der Waals surface area (Å²) in [5.74, 6) is -1.25. The monoisotopic (exact) mass is 564 g/mol. The second-order valence-electron chi connectivity index (χ2n) is 8.52. The summed E-state index contributed by atoms with van der Waals surface area (Å²) >= 11 is 3.40. The topological polar surface area (TPSA) is 119 Å². The summed E-state index contributed by atoms with van der Waals surface area (Å²) in [7, 11) is 0. The van der Waals surface area contributed by atoms with Gasteiger partial charge in [0.25, 0.3) is 11.8 Å². The minimum atomic E-state index is -0.779. The minimum Gasteiger partial charge on any atom is -0.352 e. The number of hydrogen-bond donors (Lipinski definition) is 3. The van der Waals surface area contributed by atoms with E-state index >= 15 is 0 Å². The number of benzene rings is 3. The molecule has 5 amide bonds. The molecule has 3 N–H and O–H groups in total. The Balaban J connectivity index is 1.42. The predicted octanol–water partition coefficient (Wildman–Crippen LogP) is 4.00. The van der Waals surface area contributed by atoms with Crippen LogP contribution in [0.4, 0.5) is 10.5 Å². The highest BCUT2D eigenvalue weighted by Crippen LogP contribution is 2.29. The molecular weight excluding hydrogens is 540 g/mol. The summed E-state index contributed by atoms with van der Waals surface area (Å²) in [6.07, 6.45) is 0.222. The van der Waals surface area contributed by atoms with E-state index in [0.717, 1.165) is 15.6 Å². The van der Waals surface area contributed by atoms with Gasteiger partial charge >= 0.3 is 6.03 Å². The normalized spacial score (nSPS) is 15.1. The summed E-state index contributed by atoms with van der Waals surface area (Å²) in [5.41, 5.74) is 3.98. The molecule has 3 aromatic rings. The lowest BCUT2D eigenvalue weighted by Crippen LogP contribution is -2.36. The molecule has 10 heteroatoms. The third-order valence-electron chi connectivity index (χ3n) is 6.05. The number of nitrogens with zero attached hydrogens (tertiary/aromatic N) is 2. The Morgan fingerprint density at radius 1 is 0.892 bits per heavy atom. The number of halogens is 1. The van der Waals surface area contributed by atoms with Gasteiger partial charge in [-0.05, 0) is 53.9 Å². The molecule has 190 valence electrons. The summed E-state index contributed by atoms with van der Waals surface area (Å²) < 4.78 is 0.908. The maximum Gasteiger partial charge on any atom is 0.332 e. The number of carbonyl (C=O) groups is 4. The van der Waals surface area contributed by atoms with Crippen LogP contribution in [0.25, 0.3) is 0 Å². The van der Waals surface area contributed by atoms with E-state index in [1.54, 1.807) is 41.9 Å². The number of rotatable bonds is 9. The fourth-order valence-corrected chi connectivity index (χ4v) is 4.36. The third kappa shape index (κ3) is 6.22. The molecule has 9 nitrogen and oxygen atoms in total. The van der Waals surface area contributed by atoms with Crippen LogP contribution in [0.1, 0.15) is 34.3 Å². The van der Waals surface area contributed by atoms with Crippen LogP contribution in [0.2, 0.25) is 0 Å². The number of para-hydroxylation sites is 1. The summed E-state index contributed by atoms with van der Waals surface area (Å²) in [5, 5.41) is 11.5. The number of amides is 5. The highest BCUT2D eigenvalue weighted by atomic mass is 79.9. The maximum atomic E-state index is 13.3. The van der Waals surface area contributed by atoms with Gasteiger partial charge in [0.2, 0.25) is 5.91 Å². The first-order valence-corrected chi connectivity index (χ1v) is 12.4. The zero-order chi connectivity index (χ0) is 26.4. The molecule has 4 rings (SSSR count). The number of anilines is 1. The fraction of sp³-hybridized carbons (Fsp3) is 0.185. The van der Waals surface area contributed by atoms with E-state index in [4.69, 9.17) is 5.21 Å². The Kier molecular flexibility index (Phi) is 8.32. The molecule has 1 aliphatic rings. The van der Waals surface area contributed by atoms with Crippen molar-refractivity contribution in [3.63, 3.8) is 0 Å². The van der Waals surface area contributed by atoms with E-state index in [-0.39, 0.29) is 43.3 Å². The van der Waals surface area contributed by atoms with Crippen molar-refractivity contribution in [2.75, 3.05) is 4.90 Å². The van der Waals surface area contributed by atoms with E-state index in [2.05, 4.69) is 21.2 Å². The summed E-state index contributed by atoms with van der Waals surface area (Å²) in [6.45, 7) is 0.470. The first kappa shape index (κ1) is 26.1. The van der Waals surface area contributed by atoms with Gasteiger partial charge in [0, 0.05) is 29.5 Å². The first-order valence-electron chi connectivity index (χ1n) is 11.6. The molecule has 0 spiro atoms. The lowest BCUT2D eigenvalue weighted by molar-refractivity contribution is -0.122. The van der Waals surface area contributed by atoms with Crippen molar-refractivity contribution in [2.45, 2.75) is 32.0 Å². The molecule has 1 saturated heterocycles. The molecule has 1 fully saturated rings. The average Bonchev–Trinajstić information content (AvgIpc) is 3.15. The zero-order valence-electron chi connectivity index (χ0n) is 19.8. The van der Waals surface area contributed by atoms with Crippen molar-refractivity contribution in [3.8, 4) is 0 Å². The van der Waals surface area contributed by atoms with Crippen LogP contribution in [0.15, 0.2) is 83.3 Å². The second kappa shape index (κ2) is 11.8. The summed E-state index contributed by atoms with van der Waals surface area (Å²) in [4.78, 5) is 53.4. The van der Waals surface area contributed by atoms with Crippen LogP contribution in [-0.4, -0.2) is 39.9 Å². The van der Waals surface area contributed by atoms with Gasteiger partial charge in [-0.2, -0.15) is 0 Å². The molecule has 0 aromatic heterocycles. The SMILES string of the molecule is O=C(CCC1C(=O)N(c2ccccc2)C(=O)N1Cc1ccc(Br)cc1)NCc1ccc(C(=O)NO)cc1. The quantitative estimate of drug-likeness (QED) is 0.206. The highest BCUT2D eigenvalue weighted by molar-refractivity contribution is 9.10. The fourth-order valence-electron chi connectivity index (χ4n) is 4.09. The number of hydrogen-bond acceptors (Lipinski definition) is 5. The molecule has 1 aliphatic heterocycles. The van der Waals surface area contributed by atoms with Crippen molar-refractivity contribution in [1.82, 2.24) is 15.7 Å². The van der Waals surface area contributed by atoms with Crippen molar-refractivity contribution in [3.05, 3.63) is 100 Å². The Bertz CT molecular complexity index is 1280.